The van der Waals surface area contributed by atoms with Crippen LogP contribution >= 0.6 is 0 Å². The SMILES string of the molecule is CCNC(=O)NC1CC(CC#N)(N2CCC3(CC2)C(=O)N(C)c2cnc4[nH]c(-c5cnn(C)c5)c(-c5ccccc5)c4c23)C1.O=C(O)C(F)(F)F. The van der Waals surface area contributed by atoms with Gasteiger partial charge in [0.25, 0.3) is 0 Å². The zero-order valence-corrected chi connectivity index (χ0v) is 28.3. The Balaban J connectivity index is 0.000000582. The number of aryl methyl sites for hydroxylation is 1. The third-order valence-corrected chi connectivity index (χ3v) is 10.3. The van der Waals surface area contributed by atoms with Crippen LogP contribution in [0.5, 0.6) is 0 Å². The van der Waals surface area contributed by atoms with Gasteiger partial charge in [-0.3, -0.25) is 14.4 Å². The molecule has 3 amide bonds. The number of piperidine rings is 1. The summed E-state index contributed by atoms with van der Waals surface area (Å²) in [5.74, 6) is -2.66. The van der Waals surface area contributed by atoms with Gasteiger partial charge in [0.05, 0.1) is 41.7 Å². The number of aromatic amines is 1. The second-order valence-electron chi connectivity index (χ2n) is 13.3. The number of amides is 3. The number of likely N-dealkylation sites (N-methyl/N-ethyl adjacent to an activating group) is 1. The summed E-state index contributed by atoms with van der Waals surface area (Å²) in [5, 5.41) is 28.1. The maximum absolute atomic E-state index is 14.3. The van der Waals surface area contributed by atoms with Crippen LogP contribution in [0, 0.1) is 11.3 Å². The summed E-state index contributed by atoms with van der Waals surface area (Å²) in [7, 11) is 3.76. The molecule has 0 bridgehead atoms. The lowest BCUT2D eigenvalue weighted by Gasteiger charge is -2.56. The number of rotatable bonds is 6. The number of carboxylic acid groups (broad SMARTS) is 1. The summed E-state index contributed by atoms with van der Waals surface area (Å²) in [6.07, 6.45) is 3.74. The molecule has 0 atom stereocenters. The molecule has 268 valence electrons. The number of alkyl halides is 3. The molecule has 0 unspecified atom stereocenters. The number of hydrogen-bond acceptors (Lipinski definition) is 7. The van der Waals surface area contributed by atoms with Crippen molar-refractivity contribution < 1.29 is 32.7 Å². The second-order valence-corrected chi connectivity index (χ2v) is 13.3. The predicted octanol–water partition coefficient (Wildman–Crippen LogP) is 4.71. The third kappa shape index (κ3) is 6.26. The normalized spacial score (nSPS) is 21.0. The number of nitriles is 1. The first-order valence-electron chi connectivity index (χ1n) is 16.6. The summed E-state index contributed by atoms with van der Waals surface area (Å²) in [6.45, 7) is 3.85. The Morgan fingerprint density at radius 1 is 1.12 bits per heavy atom. The molecule has 2 aliphatic heterocycles. The van der Waals surface area contributed by atoms with Gasteiger partial charge in [0.1, 0.15) is 5.65 Å². The minimum Gasteiger partial charge on any atom is -0.475 e. The molecule has 4 aromatic rings. The fraction of sp³-hybridized carbons (Fsp3) is 0.429. The molecule has 5 heterocycles. The van der Waals surface area contributed by atoms with E-state index in [1.54, 1.807) is 9.58 Å². The lowest BCUT2D eigenvalue weighted by atomic mass is 9.66. The van der Waals surface area contributed by atoms with Crippen molar-refractivity contribution in [2.24, 2.45) is 7.05 Å². The fourth-order valence-corrected chi connectivity index (χ4v) is 7.93. The van der Waals surface area contributed by atoms with E-state index in [-0.39, 0.29) is 23.5 Å². The van der Waals surface area contributed by atoms with Gasteiger partial charge in [-0.2, -0.15) is 23.5 Å². The first-order valence-corrected chi connectivity index (χ1v) is 16.6. The smallest absolute Gasteiger partial charge is 0.475 e. The van der Waals surface area contributed by atoms with Gasteiger partial charge in [-0.25, -0.2) is 14.6 Å². The van der Waals surface area contributed by atoms with E-state index in [9.17, 15) is 28.0 Å². The number of H-pyrrole nitrogens is 1. The number of nitrogens with zero attached hydrogens (tertiary/aromatic N) is 6. The number of benzene rings is 1. The van der Waals surface area contributed by atoms with Gasteiger partial charge in [-0.15, -0.1) is 0 Å². The summed E-state index contributed by atoms with van der Waals surface area (Å²) < 4.78 is 33.5. The monoisotopic (exact) mass is 705 g/mol. The zero-order chi connectivity index (χ0) is 36.7. The fourth-order valence-electron chi connectivity index (χ4n) is 7.93. The van der Waals surface area contributed by atoms with E-state index in [4.69, 9.17) is 14.9 Å². The second kappa shape index (κ2) is 13.4. The van der Waals surface area contributed by atoms with Crippen LogP contribution in [-0.2, 0) is 22.1 Å². The first-order chi connectivity index (χ1) is 24.2. The molecule has 51 heavy (non-hydrogen) atoms. The highest BCUT2D eigenvalue weighted by Crippen LogP contribution is 2.54. The molecule has 13 nitrogen and oxygen atoms in total. The highest BCUT2D eigenvalue weighted by Gasteiger charge is 2.56. The number of urea groups is 1. The first kappa shape index (κ1) is 35.4. The van der Waals surface area contributed by atoms with Crippen molar-refractivity contribution in [3.05, 3.63) is 54.5 Å². The molecule has 3 aliphatic rings. The van der Waals surface area contributed by atoms with Crippen molar-refractivity contribution in [2.75, 3.05) is 31.6 Å². The van der Waals surface area contributed by atoms with Crippen molar-refractivity contribution in [2.45, 2.75) is 62.2 Å². The van der Waals surface area contributed by atoms with Gasteiger partial charge in [-0.1, -0.05) is 30.3 Å². The van der Waals surface area contributed by atoms with Gasteiger partial charge in [0.15, 0.2) is 0 Å². The Hall–Kier alpha value is -5.43. The van der Waals surface area contributed by atoms with Crippen molar-refractivity contribution in [1.82, 2.24) is 35.3 Å². The molecule has 1 aromatic carbocycles. The minimum absolute atomic E-state index is 0.0376. The number of halogens is 3. The van der Waals surface area contributed by atoms with Crippen LogP contribution < -0.4 is 15.5 Å². The molecule has 4 N–H and O–H groups in total. The van der Waals surface area contributed by atoms with Crippen LogP contribution in [0.15, 0.2) is 48.9 Å². The van der Waals surface area contributed by atoms with E-state index in [0.29, 0.717) is 38.9 Å². The van der Waals surface area contributed by atoms with Crippen molar-refractivity contribution in [3.63, 3.8) is 0 Å². The van der Waals surface area contributed by atoms with Gasteiger partial charge < -0.3 is 25.6 Å². The Morgan fingerprint density at radius 3 is 2.35 bits per heavy atom. The number of carbonyl (C=O) groups is 3. The topological polar surface area (TPSA) is 172 Å². The maximum Gasteiger partial charge on any atom is 0.490 e. The molecule has 1 saturated carbocycles. The Morgan fingerprint density at radius 2 is 1.78 bits per heavy atom. The van der Waals surface area contributed by atoms with Crippen molar-refractivity contribution >= 4 is 34.6 Å². The molecule has 1 saturated heterocycles. The summed E-state index contributed by atoms with van der Waals surface area (Å²) in [6, 6.07) is 12.6. The quantitative estimate of drug-likeness (QED) is 0.223. The summed E-state index contributed by atoms with van der Waals surface area (Å²) in [5.41, 5.74) is 5.63. The maximum atomic E-state index is 14.3. The van der Waals surface area contributed by atoms with E-state index in [1.165, 1.54) is 0 Å². The number of carbonyl (C=O) groups excluding carboxylic acids is 2. The van der Waals surface area contributed by atoms with Crippen molar-refractivity contribution in [3.8, 4) is 28.5 Å². The molecule has 1 spiro atoms. The third-order valence-electron chi connectivity index (χ3n) is 10.3. The van der Waals surface area contributed by atoms with Crippen LogP contribution in [0.1, 0.15) is 44.6 Å². The number of carboxylic acids is 1. The lowest BCUT2D eigenvalue weighted by molar-refractivity contribution is -0.192. The highest BCUT2D eigenvalue weighted by atomic mass is 19.4. The Kier molecular flexibility index (Phi) is 9.28. The van der Waals surface area contributed by atoms with Gasteiger partial charge in [-0.05, 0) is 38.2 Å². The van der Waals surface area contributed by atoms with Crippen LogP contribution in [-0.4, -0.2) is 92.1 Å². The van der Waals surface area contributed by atoms with E-state index in [0.717, 1.165) is 57.5 Å². The lowest BCUT2D eigenvalue weighted by Crippen LogP contribution is -2.66. The average Bonchev–Trinajstić information content (AvgIpc) is 3.74. The minimum atomic E-state index is -5.08. The van der Waals surface area contributed by atoms with Crippen molar-refractivity contribution in [1.29, 1.82) is 5.26 Å². The van der Waals surface area contributed by atoms with E-state index >= 15 is 0 Å². The Labute approximate surface area is 291 Å². The van der Waals surface area contributed by atoms with E-state index in [1.807, 2.05) is 57.8 Å². The number of aromatic nitrogens is 4. The van der Waals surface area contributed by atoms with Gasteiger partial charge in [0, 0.05) is 73.6 Å². The summed E-state index contributed by atoms with van der Waals surface area (Å²) >= 11 is 0. The van der Waals surface area contributed by atoms with Gasteiger partial charge in [0.2, 0.25) is 5.91 Å². The number of hydrogen-bond donors (Lipinski definition) is 4. The van der Waals surface area contributed by atoms with Crippen LogP contribution in [0.2, 0.25) is 0 Å². The predicted molar refractivity (Wildman–Crippen MR) is 182 cm³/mol. The molecule has 3 aromatic heterocycles. The van der Waals surface area contributed by atoms with E-state index < -0.39 is 17.6 Å². The largest absolute Gasteiger partial charge is 0.490 e. The van der Waals surface area contributed by atoms with Crippen LogP contribution in [0.4, 0.5) is 23.7 Å². The number of nitrogens with one attached hydrogen (secondary N) is 3. The molecule has 16 heteroatoms. The zero-order valence-electron chi connectivity index (χ0n) is 28.3. The number of fused-ring (bicyclic) bond motifs is 4. The van der Waals surface area contributed by atoms with Crippen LogP contribution in [0.25, 0.3) is 33.4 Å². The number of likely N-dealkylation sites (tertiary alicyclic amines) is 1. The average molecular weight is 706 g/mol. The molecule has 1 aliphatic carbocycles. The Bertz CT molecular complexity index is 2000. The number of anilines is 1. The number of pyridine rings is 1. The molecular formula is C35H38F3N9O4. The van der Waals surface area contributed by atoms with Gasteiger partial charge >= 0.3 is 18.2 Å². The van der Waals surface area contributed by atoms with Crippen LogP contribution in [0.3, 0.4) is 0 Å². The summed E-state index contributed by atoms with van der Waals surface area (Å²) in [4.78, 5) is 47.9. The highest BCUT2D eigenvalue weighted by molar-refractivity contribution is 6.16. The molecule has 7 rings (SSSR count). The molecular weight excluding hydrogens is 667 g/mol. The molecule has 0 radical (unpaired) electrons. The number of aliphatic carboxylic acids is 1. The standard InChI is InChI=1S/C33H37N9O2.C2HF3O2/c1-4-35-31(44)38-23-16-32(17-23,10-13-34)42-14-11-33(12-15-42)27-24(41(3)30(33)43)19-36-29-26(27)25(21-8-6-5-7-9-21)28(39-29)22-18-37-40(2)20-22;3-2(4,5)1(6)7/h5-9,18-20,23H,4,10-12,14-17H2,1-3H3,(H,36,39)(H2,35,38,44);(H,6,7). The van der Waals surface area contributed by atoms with E-state index in [2.05, 4.69) is 43.8 Å². The molecule has 2 fully saturated rings.